The van der Waals surface area contributed by atoms with E-state index in [-0.39, 0.29) is 11.5 Å². The molecule has 190 valence electrons. The highest BCUT2D eigenvalue weighted by molar-refractivity contribution is 5.84. The van der Waals surface area contributed by atoms with Crippen LogP contribution in [-0.4, -0.2) is 15.3 Å². The number of phenolic OH excluding ortho intramolecular Hbond substituents is 3. The molecule has 0 heterocycles. The number of hydrogen-bond donors (Lipinski definition) is 3. The Hall–Kier alpha value is -3.72. The average molecular weight is 485 g/mol. The van der Waals surface area contributed by atoms with Crippen LogP contribution in [0.3, 0.4) is 0 Å². The molecular weight excluding hydrogens is 444 g/mol. The highest BCUT2D eigenvalue weighted by atomic mass is 16.3. The van der Waals surface area contributed by atoms with E-state index in [2.05, 4.69) is 37.9 Å². The average Bonchev–Trinajstić information content (AvgIpc) is 2.79. The summed E-state index contributed by atoms with van der Waals surface area (Å²) in [6.07, 6.45) is 7.29. The van der Waals surface area contributed by atoms with Crippen molar-refractivity contribution in [1.29, 1.82) is 0 Å². The molecule has 0 unspecified atom stereocenters. The van der Waals surface area contributed by atoms with Crippen molar-refractivity contribution in [3.8, 4) is 28.4 Å². The number of aryl methyl sites for hydroxylation is 6. The molecule has 0 atom stereocenters. The molecule has 3 N–H and O–H groups in total. The predicted molar refractivity (Wildman–Crippen MR) is 153 cm³/mol. The Morgan fingerprint density at radius 1 is 0.528 bits per heavy atom. The van der Waals surface area contributed by atoms with Gasteiger partial charge < -0.3 is 15.3 Å². The van der Waals surface area contributed by atoms with E-state index < -0.39 is 0 Å². The van der Waals surface area contributed by atoms with Crippen molar-refractivity contribution in [3.63, 3.8) is 0 Å². The van der Waals surface area contributed by atoms with Crippen molar-refractivity contribution in [3.05, 3.63) is 112 Å². The van der Waals surface area contributed by atoms with E-state index in [1.54, 1.807) is 24.3 Å². The Morgan fingerprint density at radius 2 is 0.889 bits per heavy atom. The van der Waals surface area contributed by atoms with Gasteiger partial charge in [0.05, 0.1) is 0 Å². The van der Waals surface area contributed by atoms with Gasteiger partial charge in [0.1, 0.15) is 17.2 Å². The van der Waals surface area contributed by atoms with Crippen LogP contribution in [-0.2, 0) is 19.3 Å². The first kappa shape index (κ1) is 28.5. The fraction of sp³-hybridized carbons (Fsp3) is 0.273. The second-order valence-corrected chi connectivity index (χ2v) is 9.48. The number of phenols is 3. The molecule has 0 saturated heterocycles. The fourth-order valence-electron chi connectivity index (χ4n) is 4.84. The Morgan fingerprint density at radius 3 is 1.25 bits per heavy atom. The molecule has 0 aliphatic heterocycles. The van der Waals surface area contributed by atoms with Crippen LogP contribution in [0, 0.1) is 41.5 Å². The highest BCUT2D eigenvalue weighted by Crippen LogP contribution is 2.45. The fourth-order valence-corrected chi connectivity index (χ4v) is 4.84. The van der Waals surface area contributed by atoms with Gasteiger partial charge in [0.25, 0.3) is 0 Å². The molecule has 0 aliphatic carbocycles. The van der Waals surface area contributed by atoms with Gasteiger partial charge in [0.15, 0.2) is 0 Å². The van der Waals surface area contributed by atoms with E-state index in [0.717, 1.165) is 56.5 Å². The Kier molecular flexibility index (Phi) is 9.75. The highest BCUT2D eigenvalue weighted by Gasteiger charge is 2.21. The lowest BCUT2D eigenvalue weighted by Crippen LogP contribution is -1.99. The molecule has 3 heteroatoms. The third-order valence-corrected chi connectivity index (χ3v) is 6.54. The van der Waals surface area contributed by atoms with Crippen LogP contribution in [0.15, 0.2) is 62.2 Å². The lowest BCUT2D eigenvalue weighted by atomic mass is 9.87. The van der Waals surface area contributed by atoms with Crippen LogP contribution in [0.5, 0.6) is 17.2 Å². The third-order valence-electron chi connectivity index (χ3n) is 6.54. The lowest BCUT2D eigenvalue weighted by Gasteiger charge is -2.20. The number of benzene rings is 3. The predicted octanol–water partition coefficient (Wildman–Crippen LogP) is 8.19. The van der Waals surface area contributed by atoms with E-state index in [9.17, 15) is 15.3 Å². The maximum atomic E-state index is 10.9. The topological polar surface area (TPSA) is 60.7 Å². The van der Waals surface area contributed by atoms with Gasteiger partial charge in [-0.15, -0.1) is 19.7 Å². The van der Waals surface area contributed by atoms with Crippen molar-refractivity contribution in [2.24, 2.45) is 0 Å². The first-order valence-corrected chi connectivity index (χ1v) is 12.2. The lowest BCUT2D eigenvalue weighted by molar-refractivity contribution is 0.462. The van der Waals surface area contributed by atoms with Gasteiger partial charge in [-0.05, 0) is 100 Å². The summed E-state index contributed by atoms with van der Waals surface area (Å²) in [4.78, 5) is 0. The van der Waals surface area contributed by atoms with Crippen LogP contribution in [0.1, 0.15) is 50.1 Å². The maximum Gasteiger partial charge on any atom is 0.127 e. The quantitative estimate of drug-likeness (QED) is 0.296. The summed E-state index contributed by atoms with van der Waals surface area (Å²) < 4.78 is 0. The normalized spacial score (nSPS) is 10.4. The van der Waals surface area contributed by atoms with Crippen molar-refractivity contribution < 1.29 is 15.3 Å². The largest absolute Gasteiger partial charge is 0.508 e. The van der Waals surface area contributed by atoms with Crippen molar-refractivity contribution in [2.45, 2.75) is 60.8 Å². The molecule has 3 aromatic carbocycles. The molecule has 0 amide bonds. The number of hydrogen-bond acceptors (Lipinski definition) is 3. The van der Waals surface area contributed by atoms with E-state index in [1.165, 1.54) is 0 Å². The van der Waals surface area contributed by atoms with Crippen LogP contribution >= 0.6 is 0 Å². The molecule has 0 fully saturated rings. The van der Waals surface area contributed by atoms with Gasteiger partial charge >= 0.3 is 0 Å². The summed E-state index contributed by atoms with van der Waals surface area (Å²) in [5, 5.41) is 31.3. The zero-order chi connectivity index (χ0) is 27.2. The van der Waals surface area contributed by atoms with Crippen molar-refractivity contribution >= 4 is 0 Å². The summed E-state index contributed by atoms with van der Waals surface area (Å²) in [6.45, 7) is 23.1. The van der Waals surface area contributed by atoms with E-state index >= 15 is 0 Å². The van der Waals surface area contributed by atoms with Gasteiger partial charge in [-0.2, -0.15) is 0 Å². The molecule has 0 spiro atoms. The van der Waals surface area contributed by atoms with Crippen LogP contribution < -0.4 is 0 Å². The molecule has 3 aromatic rings. The smallest absolute Gasteiger partial charge is 0.127 e. The Balaban J connectivity index is 0.000000319. The summed E-state index contributed by atoms with van der Waals surface area (Å²) in [6, 6.07) is 7.96. The van der Waals surface area contributed by atoms with Gasteiger partial charge in [-0.1, -0.05) is 36.4 Å². The molecule has 0 saturated carbocycles. The summed E-state index contributed by atoms with van der Waals surface area (Å²) in [5.74, 6) is 0.853. The zero-order valence-corrected chi connectivity index (χ0v) is 22.6. The van der Waals surface area contributed by atoms with Crippen LogP contribution in [0.4, 0.5) is 0 Å². The first-order chi connectivity index (χ1) is 17.0. The van der Waals surface area contributed by atoms with Gasteiger partial charge in [-0.3, -0.25) is 0 Å². The molecule has 0 bridgehead atoms. The summed E-state index contributed by atoms with van der Waals surface area (Å²) >= 11 is 0. The Labute approximate surface area is 216 Å². The van der Waals surface area contributed by atoms with Crippen LogP contribution in [0.2, 0.25) is 0 Å². The Bertz CT molecular complexity index is 1200. The van der Waals surface area contributed by atoms with Crippen LogP contribution in [0.25, 0.3) is 11.1 Å². The minimum absolute atomic E-state index is 0.235. The molecular formula is C33H40O3. The summed E-state index contributed by atoms with van der Waals surface area (Å²) in [7, 11) is 0. The molecule has 36 heavy (non-hydrogen) atoms. The third kappa shape index (κ3) is 6.09. The van der Waals surface area contributed by atoms with Gasteiger partial charge in [0.2, 0.25) is 0 Å². The molecule has 0 radical (unpaired) electrons. The second-order valence-electron chi connectivity index (χ2n) is 9.48. The standard InChI is InChI=1S/C22H26O2.C11H14O/c1-7-9-17-13(3)11-15(5)19(21(17)23)20-16(6)12-14(4)18(10-8-2)22(20)24;1-4-5-10-9(3)6-8(2)7-11(10)12/h7-8,11-12,23-24H,1-2,9-10H2,3-6H3;4,6-7,12H,1,5H2,2-3H3. The van der Waals surface area contributed by atoms with Gasteiger partial charge in [0, 0.05) is 27.8 Å². The summed E-state index contributed by atoms with van der Waals surface area (Å²) in [5.41, 5.74) is 10.3. The number of rotatable bonds is 7. The van der Waals surface area contributed by atoms with E-state index in [0.29, 0.717) is 29.7 Å². The first-order valence-electron chi connectivity index (χ1n) is 12.2. The van der Waals surface area contributed by atoms with E-state index in [4.69, 9.17) is 0 Å². The maximum absolute atomic E-state index is 10.9. The molecule has 0 aliphatic rings. The van der Waals surface area contributed by atoms with Gasteiger partial charge in [-0.25, -0.2) is 0 Å². The molecule has 3 nitrogen and oxygen atoms in total. The van der Waals surface area contributed by atoms with Crippen molar-refractivity contribution in [2.75, 3.05) is 0 Å². The monoisotopic (exact) mass is 484 g/mol. The number of allylic oxidation sites excluding steroid dienone is 3. The minimum atomic E-state index is 0.235. The van der Waals surface area contributed by atoms with E-state index in [1.807, 2.05) is 41.5 Å². The van der Waals surface area contributed by atoms with Crippen molar-refractivity contribution in [1.82, 2.24) is 0 Å². The molecule has 3 rings (SSSR count). The molecule has 0 aromatic heterocycles. The number of aromatic hydroxyl groups is 3. The minimum Gasteiger partial charge on any atom is -0.508 e. The second kappa shape index (κ2) is 12.3. The zero-order valence-electron chi connectivity index (χ0n) is 22.6. The SMILES string of the molecule is C=CCc1c(C)cc(C)c(-c2c(C)cc(C)c(CC=C)c2O)c1O.C=CCc1c(C)cc(C)cc1O.